The van der Waals surface area contributed by atoms with Crippen LogP contribution in [-0.4, -0.2) is 32.1 Å². The Morgan fingerprint density at radius 1 is 1.11 bits per heavy atom. The summed E-state index contributed by atoms with van der Waals surface area (Å²) in [4.78, 5) is 2.19. The average molecular weight is 261 g/mol. The van der Waals surface area contributed by atoms with Crippen LogP contribution in [0.3, 0.4) is 0 Å². The first-order valence-corrected chi connectivity index (χ1v) is 7.49. The Kier molecular flexibility index (Phi) is 5.00. The predicted molar refractivity (Wildman–Crippen MR) is 80.4 cm³/mol. The van der Waals surface area contributed by atoms with Gasteiger partial charge in [0.2, 0.25) is 0 Å². The second kappa shape index (κ2) is 6.53. The summed E-state index contributed by atoms with van der Waals surface area (Å²) in [6.45, 7) is 4.02. The zero-order valence-corrected chi connectivity index (χ0v) is 12.6. The summed E-state index contributed by atoms with van der Waals surface area (Å²) in [5.74, 6) is 0. The molecular weight excluding hydrogens is 234 g/mol. The molecule has 0 amide bonds. The maximum Gasteiger partial charge on any atom is 0.0934 e. The molecule has 0 radical (unpaired) electrons. The van der Waals surface area contributed by atoms with E-state index in [1.54, 1.807) is 0 Å². The Labute approximate surface area is 117 Å². The standard InChI is InChI=1S/C17H27NO/c1-15-9-5-6-10-16(15)17(11-7-4-8-12-17)19-14-13-18(2)3/h5-6,9-10H,4,7-8,11-14H2,1-3H3. The molecule has 2 heteroatoms. The summed E-state index contributed by atoms with van der Waals surface area (Å²) in [5.41, 5.74) is 2.75. The molecule has 0 unspecified atom stereocenters. The third kappa shape index (κ3) is 3.58. The van der Waals surface area contributed by atoms with Gasteiger partial charge in [0.25, 0.3) is 0 Å². The summed E-state index contributed by atoms with van der Waals surface area (Å²) in [7, 11) is 4.20. The van der Waals surface area contributed by atoms with Crippen LogP contribution in [0.15, 0.2) is 24.3 Å². The van der Waals surface area contributed by atoms with Crippen LogP contribution in [-0.2, 0) is 10.3 Å². The van der Waals surface area contributed by atoms with Gasteiger partial charge in [-0.15, -0.1) is 0 Å². The lowest BCUT2D eigenvalue weighted by Gasteiger charge is -2.39. The van der Waals surface area contributed by atoms with Crippen molar-refractivity contribution in [2.24, 2.45) is 0 Å². The van der Waals surface area contributed by atoms with E-state index in [4.69, 9.17) is 4.74 Å². The van der Waals surface area contributed by atoms with E-state index in [0.29, 0.717) is 0 Å². The van der Waals surface area contributed by atoms with Gasteiger partial charge in [0.05, 0.1) is 12.2 Å². The highest BCUT2D eigenvalue weighted by molar-refractivity contribution is 5.32. The Hall–Kier alpha value is -0.860. The highest BCUT2D eigenvalue weighted by Gasteiger charge is 2.35. The van der Waals surface area contributed by atoms with Gasteiger partial charge in [-0.3, -0.25) is 0 Å². The molecule has 1 fully saturated rings. The van der Waals surface area contributed by atoms with Gasteiger partial charge in [-0.1, -0.05) is 43.5 Å². The largest absolute Gasteiger partial charge is 0.369 e. The average Bonchev–Trinajstić information content (AvgIpc) is 2.40. The van der Waals surface area contributed by atoms with Crippen LogP contribution < -0.4 is 0 Å². The minimum absolute atomic E-state index is 0.0282. The SMILES string of the molecule is Cc1ccccc1C1(OCCN(C)C)CCCCC1. The lowest BCUT2D eigenvalue weighted by molar-refractivity contribution is -0.0796. The molecule has 1 aromatic carbocycles. The van der Waals surface area contributed by atoms with Crippen LogP contribution in [0, 0.1) is 6.92 Å². The van der Waals surface area contributed by atoms with Crippen molar-refractivity contribution in [3.8, 4) is 0 Å². The van der Waals surface area contributed by atoms with Crippen molar-refractivity contribution in [3.63, 3.8) is 0 Å². The van der Waals surface area contributed by atoms with Gasteiger partial charge in [0.15, 0.2) is 0 Å². The molecule has 1 aliphatic rings. The van der Waals surface area contributed by atoms with E-state index in [1.807, 2.05) is 0 Å². The van der Waals surface area contributed by atoms with Crippen molar-refractivity contribution in [2.75, 3.05) is 27.2 Å². The van der Waals surface area contributed by atoms with Crippen LogP contribution in [0.1, 0.15) is 43.2 Å². The Bertz CT molecular complexity index is 394. The van der Waals surface area contributed by atoms with E-state index >= 15 is 0 Å². The predicted octanol–water partition coefficient (Wildman–Crippen LogP) is 3.73. The normalized spacial score (nSPS) is 18.7. The van der Waals surface area contributed by atoms with Gasteiger partial charge in [-0.25, -0.2) is 0 Å². The second-order valence-electron chi connectivity index (χ2n) is 6.02. The molecule has 0 aromatic heterocycles. The summed E-state index contributed by atoms with van der Waals surface area (Å²) < 4.78 is 6.41. The monoisotopic (exact) mass is 261 g/mol. The van der Waals surface area contributed by atoms with Crippen LogP contribution in [0.5, 0.6) is 0 Å². The minimum atomic E-state index is -0.0282. The van der Waals surface area contributed by atoms with E-state index in [9.17, 15) is 0 Å². The fourth-order valence-corrected chi connectivity index (χ4v) is 3.12. The molecule has 0 aliphatic heterocycles. The summed E-state index contributed by atoms with van der Waals surface area (Å²) >= 11 is 0. The van der Waals surface area contributed by atoms with Crippen molar-refractivity contribution in [1.29, 1.82) is 0 Å². The van der Waals surface area contributed by atoms with Crippen LogP contribution in [0.4, 0.5) is 0 Å². The molecule has 0 saturated heterocycles. The van der Waals surface area contributed by atoms with E-state index in [1.165, 1.54) is 43.2 Å². The number of hydrogen-bond acceptors (Lipinski definition) is 2. The molecule has 1 aromatic rings. The van der Waals surface area contributed by atoms with E-state index in [0.717, 1.165) is 13.2 Å². The van der Waals surface area contributed by atoms with E-state index < -0.39 is 0 Å². The van der Waals surface area contributed by atoms with Crippen LogP contribution >= 0.6 is 0 Å². The molecule has 1 aliphatic carbocycles. The third-order valence-corrected chi connectivity index (χ3v) is 4.21. The van der Waals surface area contributed by atoms with Gasteiger partial charge in [0, 0.05) is 6.54 Å². The molecule has 0 bridgehead atoms. The molecule has 0 atom stereocenters. The van der Waals surface area contributed by atoms with Gasteiger partial charge in [-0.2, -0.15) is 0 Å². The van der Waals surface area contributed by atoms with Crippen molar-refractivity contribution < 1.29 is 4.74 Å². The first kappa shape index (κ1) is 14.5. The van der Waals surface area contributed by atoms with Gasteiger partial charge < -0.3 is 9.64 Å². The summed E-state index contributed by atoms with van der Waals surface area (Å²) in [6.07, 6.45) is 6.27. The number of ether oxygens (including phenoxy) is 1. The Morgan fingerprint density at radius 3 is 2.42 bits per heavy atom. The molecule has 2 rings (SSSR count). The van der Waals surface area contributed by atoms with Crippen molar-refractivity contribution >= 4 is 0 Å². The van der Waals surface area contributed by atoms with Crippen molar-refractivity contribution in [2.45, 2.75) is 44.6 Å². The smallest absolute Gasteiger partial charge is 0.0934 e. The highest BCUT2D eigenvalue weighted by atomic mass is 16.5. The van der Waals surface area contributed by atoms with Gasteiger partial charge >= 0.3 is 0 Å². The topological polar surface area (TPSA) is 12.5 Å². The lowest BCUT2D eigenvalue weighted by Crippen LogP contribution is -2.35. The molecule has 19 heavy (non-hydrogen) atoms. The minimum Gasteiger partial charge on any atom is -0.369 e. The number of hydrogen-bond donors (Lipinski definition) is 0. The number of aryl methyl sites for hydroxylation is 1. The molecule has 1 saturated carbocycles. The highest BCUT2D eigenvalue weighted by Crippen LogP contribution is 2.41. The number of rotatable bonds is 5. The Balaban J connectivity index is 2.17. The van der Waals surface area contributed by atoms with Gasteiger partial charge in [0.1, 0.15) is 0 Å². The summed E-state index contributed by atoms with van der Waals surface area (Å²) in [5, 5.41) is 0. The second-order valence-corrected chi connectivity index (χ2v) is 6.02. The number of benzene rings is 1. The van der Waals surface area contributed by atoms with E-state index in [-0.39, 0.29) is 5.60 Å². The van der Waals surface area contributed by atoms with Crippen LogP contribution in [0.25, 0.3) is 0 Å². The molecule has 2 nitrogen and oxygen atoms in total. The maximum atomic E-state index is 6.41. The van der Waals surface area contributed by atoms with E-state index in [2.05, 4.69) is 50.2 Å². The molecular formula is C17H27NO. The molecule has 0 heterocycles. The van der Waals surface area contributed by atoms with Crippen molar-refractivity contribution in [3.05, 3.63) is 35.4 Å². The fourth-order valence-electron chi connectivity index (χ4n) is 3.12. The summed E-state index contributed by atoms with van der Waals surface area (Å²) in [6, 6.07) is 8.74. The first-order chi connectivity index (χ1) is 9.14. The number of nitrogens with zero attached hydrogens (tertiary/aromatic N) is 1. The molecule has 0 N–H and O–H groups in total. The third-order valence-electron chi connectivity index (χ3n) is 4.21. The fraction of sp³-hybridized carbons (Fsp3) is 0.647. The molecule has 106 valence electrons. The Morgan fingerprint density at radius 2 is 1.79 bits per heavy atom. The number of likely N-dealkylation sites (N-methyl/N-ethyl adjacent to an activating group) is 1. The van der Waals surface area contributed by atoms with Crippen LogP contribution in [0.2, 0.25) is 0 Å². The van der Waals surface area contributed by atoms with Gasteiger partial charge in [-0.05, 0) is 45.0 Å². The first-order valence-electron chi connectivity index (χ1n) is 7.49. The zero-order valence-electron chi connectivity index (χ0n) is 12.6. The zero-order chi connectivity index (χ0) is 13.7. The quantitative estimate of drug-likeness (QED) is 0.800. The maximum absolute atomic E-state index is 6.41. The molecule has 0 spiro atoms. The lowest BCUT2D eigenvalue weighted by atomic mass is 9.78. The van der Waals surface area contributed by atoms with Crippen molar-refractivity contribution in [1.82, 2.24) is 4.90 Å².